The predicted molar refractivity (Wildman–Crippen MR) is 132 cm³/mol. The van der Waals surface area contributed by atoms with Gasteiger partial charge in [0, 0.05) is 28.6 Å². The number of carbonyl (C=O) groups is 1. The number of aromatic nitrogens is 1. The highest BCUT2D eigenvalue weighted by Crippen LogP contribution is 2.40. The zero-order chi connectivity index (χ0) is 23.5. The van der Waals surface area contributed by atoms with Crippen molar-refractivity contribution in [1.29, 1.82) is 0 Å². The summed E-state index contributed by atoms with van der Waals surface area (Å²) < 4.78 is 5.69. The molecule has 1 amide bonds. The first-order valence-electron chi connectivity index (χ1n) is 11.4. The van der Waals surface area contributed by atoms with E-state index in [1.807, 2.05) is 73.0 Å². The molecule has 0 bridgehead atoms. The van der Waals surface area contributed by atoms with Crippen molar-refractivity contribution in [2.24, 2.45) is 0 Å². The summed E-state index contributed by atoms with van der Waals surface area (Å²) in [7, 11) is 0. The van der Waals surface area contributed by atoms with E-state index in [0.29, 0.717) is 25.1 Å². The lowest BCUT2D eigenvalue weighted by atomic mass is 9.81. The van der Waals surface area contributed by atoms with Gasteiger partial charge in [-0.1, -0.05) is 59.8 Å². The lowest BCUT2D eigenvalue weighted by Crippen LogP contribution is -2.62. The smallest absolute Gasteiger partial charge is 0.251 e. The molecular formula is C27H27N3O3S. The average Bonchev–Trinajstić information content (AvgIpc) is 3.55. The highest BCUT2D eigenvalue weighted by molar-refractivity contribution is 7.10. The first kappa shape index (κ1) is 22.5. The van der Waals surface area contributed by atoms with E-state index in [1.165, 1.54) is 0 Å². The minimum absolute atomic E-state index is 0.194. The van der Waals surface area contributed by atoms with Crippen molar-refractivity contribution < 1.29 is 14.4 Å². The number of hydrogen-bond acceptors (Lipinski definition) is 6. The van der Waals surface area contributed by atoms with Crippen LogP contribution in [0.3, 0.4) is 0 Å². The lowest BCUT2D eigenvalue weighted by molar-refractivity contribution is -0.0672. The Morgan fingerprint density at radius 1 is 1.15 bits per heavy atom. The Labute approximate surface area is 202 Å². The fourth-order valence-electron chi connectivity index (χ4n) is 4.58. The number of piperidine rings is 1. The third-order valence-corrected chi connectivity index (χ3v) is 7.37. The summed E-state index contributed by atoms with van der Waals surface area (Å²) in [5.41, 5.74) is 1.30. The summed E-state index contributed by atoms with van der Waals surface area (Å²) in [5.74, 6) is 0.551. The second-order valence-corrected chi connectivity index (χ2v) is 9.88. The Balaban J connectivity index is 1.43. The molecule has 1 fully saturated rings. The van der Waals surface area contributed by atoms with Crippen LogP contribution < -0.4 is 5.32 Å². The number of benzene rings is 2. The van der Waals surface area contributed by atoms with Crippen molar-refractivity contribution in [2.45, 2.75) is 37.6 Å². The molecule has 1 saturated heterocycles. The van der Waals surface area contributed by atoms with Crippen molar-refractivity contribution in [3.8, 4) is 11.3 Å². The zero-order valence-electron chi connectivity index (χ0n) is 18.9. The van der Waals surface area contributed by atoms with E-state index < -0.39 is 11.6 Å². The molecule has 6 nitrogen and oxygen atoms in total. The van der Waals surface area contributed by atoms with Crippen molar-refractivity contribution in [3.05, 3.63) is 100 Å². The molecule has 1 aliphatic heterocycles. The molecule has 2 aromatic heterocycles. The number of nitrogens with one attached hydrogen (secondary N) is 1. The van der Waals surface area contributed by atoms with Crippen LogP contribution in [0.2, 0.25) is 0 Å². The van der Waals surface area contributed by atoms with Crippen molar-refractivity contribution in [2.75, 3.05) is 6.54 Å². The van der Waals surface area contributed by atoms with Gasteiger partial charge < -0.3 is 14.9 Å². The number of thiophene rings is 1. The minimum atomic E-state index is -1.06. The van der Waals surface area contributed by atoms with Crippen LogP contribution >= 0.6 is 11.3 Å². The van der Waals surface area contributed by atoms with E-state index in [0.717, 1.165) is 21.9 Å². The van der Waals surface area contributed by atoms with Crippen LogP contribution in [-0.4, -0.2) is 39.3 Å². The van der Waals surface area contributed by atoms with Gasteiger partial charge in [-0.05, 0) is 36.9 Å². The van der Waals surface area contributed by atoms with Gasteiger partial charge in [-0.2, -0.15) is 0 Å². The van der Waals surface area contributed by atoms with E-state index in [-0.39, 0.29) is 11.9 Å². The highest BCUT2D eigenvalue weighted by Gasteiger charge is 2.46. The third kappa shape index (κ3) is 4.68. The molecule has 34 heavy (non-hydrogen) atoms. The Hall–Kier alpha value is -3.26. The van der Waals surface area contributed by atoms with Crippen molar-refractivity contribution in [3.63, 3.8) is 0 Å². The summed E-state index contributed by atoms with van der Waals surface area (Å²) >= 11 is 1.62. The van der Waals surface area contributed by atoms with Gasteiger partial charge in [0.1, 0.15) is 5.69 Å². The molecule has 0 spiro atoms. The number of hydrogen-bond donors (Lipinski definition) is 2. The van der Waals surface area contributed by atoms with E-state index in [1.54, 1.807) is 23.5 Å². The number of rotatable bonds is 6. The maximum absolute atomic E-state index is 13.1. The van der Waals surface area contributed by atoms with Gasteiger partial charge in [0.05, 0.1) is 24.2 Å². The fourth-order valence-corrected chi connectivity index (χ4v) is 5.47. The molecule has 2 N–H and O–H groups in total. The first-order chi connectivity index (χ1) is 16.5. The summed E-state index contributed by atoms with van der Waals surface area (Å²) in [6.07, 6.45) is 0.522. The second-order valence-electron chi connectivity index (χ2n) is 8.90. The quantitative estimate of drug-likeness (QED) is 0.416. The summed E-state index contributed by atoms with van der Waals surface area (Å²) in [6, 6.07) is 24.4. The summed E-state index contributed by atoms with van der Waals surface area (Å²) in [6.45, 7) is 2.99. The number of amides is 1. The molecule has 3 heterocycles. The van der Waals surface area contributed by atoms with Crippen LogP contribution in [0.5, 0.6) is 0 Å². The van der Waals surface area contributed by atoms with Crippen LogP contribution in [0.4, 0.5) is 0 Å². The van der Waals surface area contributed by atoms with Gasteiger partial charge in [0.15, 0.2) is 5.76 Å². The van der Waals surface area contributed by atoms with Crippen LogP contribution in [0, 0.1) is 0 Å². The summed E-state index contributed by atoms with van der Waals surface area (Å²) in [5, 5.41) is 20.8. The Morgan fingerprint density at radius 2 is 1.88 bits per heavy atom. The Bertz CT molecular complexity index is 1220. The van der Waals surface area contributed by atoms with Gasteiger partial charge in [0.2, 0.25) is 0 Å². The monoisotopic (exact) mass is 473 g/mol. The van der Waals surface area contributed by atoms with Gasteiger partial charge in [-0.3, -0.25) is 9.69 Å². The molecule has 3 atom stereocenters. The van der Waals surface area contributed by atoms with Crippen LogP contribution in [0.1, 0.15) is 40.4 Å². The van der Waals surface area contributed by atoms with E-state index >= 15 is 0 Å². The fraction of sp³-hybridized carbons (Fsp3) is 0.259. The predicted octanol–water partition coefficient (Wildman–Crippen LogP) is 4.90. The average molecular weight is 474 g/mol. The largest absolute Gasteiger partial charge is 0.388 e. The van der Waals surface area contributed by atoms with Crippen LogP contribution in [0.15, 0.2) is 88.8 Å². The van der Waals surface area contributed by atoms with Gasteiger partial charge >= 0.3 is 0 Å². The van der Waals surface area contributed by atoms with E-state index in [4.69, 9.17) is 4.52 Å². The van der Waals surface area contributed by atoms with E-state index in [9.17, 15) is 9.90 Å². The van der Waals surface area contributed by atoms with Crippen LogP contribution in [0.25, 0.3) is 11.3 Å². The third-order valence-electron chi connectivity index (χ3n) is 6.43. The molecule has 5 rings (SSSR count). The standard InChI is InChI=1S/C27H27N3O3S/c1-27(32)14-15-30(18-21-17-22(29-33-21)19-9-4-2-5-10-19)24(23-13-8-16-34-23)25(27)28-26(31)20-11-6-3-7-12-20/h2-13,16-17,24-25,32H,14-15,18H2,1H3,(H,28,31). The maximum atomic E-state index is 13.1. The van der Waals surface area contributed by atoms with Crippen LogP contribution in [-0.2, 0) is 6.54 Å². The summed E-state index contributed by atoms with van der Waals surface area (Å²) in [4.78, 5) is 16.4. The molecule has 3 unspecified atom stereocenters. The number of aliphatic hydroxyl groups is 1. The topological polar surface area (TPSA) is 78.6 Å². The number of nitrogens with zero attached hydrogens (tertiary/aromatic N) is 2. The molecular weight excluding hydrogens is 446 g/mol. The minimum Gasteiger partial charge on any atom is -0.388 e. The van der Waals surface area contributed by atoms with Gasteiger partial charge in [0.25, 0.3) is 5.91 Å². The molecule has 4 aromatic rings. The second kappa shape index (κ2) is 9.54. The molecule has 7 heteroatoms. The Morgan fingerprint density at radius 3 is 2.59 bits per heavy atom. The Kier molecular flexibility index (Phi) is 6.32. The molecule has 1 aliphatic rings. The number of likely N-dealkylation sites (tertiary alicyclic amines) is 1. The molecule has 2 aromatic carbocycles. The lowest BCUT2D eigenvalue weighted by Gasteiger charge is -2.48. The van der Waals surface area contributed by atoms with Crippen molar-refractivity contribution >= 4 is 17.2 Å². The zero-order valence-corrected chi connectivity index (χ0v) is 19.7. The molecule has 0 saturated carbocycles. The SMILES string of the molecule is CC1(O)CCN(Cc2cc(-c3ccccc3)no2)C(c2cccs2)C1NC(=O)c1ccccc1. The van der Waals surface area contributed by atoms with E-state index in [2.05, 4.69) is 21.4 Å². The normalized spacial score (nSPS) is 23.0. The molecule has 0 aliphatic carbocycles. The molecule has 0 radical (unpaired) electrons. The first-order valence-corrected chi connectivity index (χ1v) is 12.3. The number of carbonyl (C=O) groups excluding carboxylic acids is 1. The molecule has 174 valence electrons. The van der Waals surface area contributed by atoms with Gasteiger partial charge in [-0.25, -0.2) is 0 Å². The maximum Gasteiger partial charge on any atom is 0.251 e. The van der Waals surface area contributed by atoms with Crippen molar-refractivity contribution in [1.82, 2.24) is 15.4 Å². The highest BCUT2D eigenvalue weighted by atomic mass is 32.1. The van der Waals surface area contributed by atoms with Gasteiger partial charge in [-0.15, -0.1) is 11.3 Å².